The topological polar surface area (TPSA) is 54.5 Å². The molecule has 23 heavy (non-hydrogen) atoms. The maximum atomic E-state index is 12.1. The maximum absolute atomic E-state index is 12.1. The smallest absolute Gasteiger partial charge is 0.321 e. The molecule has 2 rings (SSSR count). The van der Waals surface area contributed by atoms with Gasteiger partial charge in [-0.1, -0.05) is 29.8 Å². The van der Waals surface area contributed by atoms with E-state index in [1.165, 1.54) is 6.20 Å². The fraction of sp³-hybridized carbons (Fsp3) is 0.294. The number of para-hydroxylation sites is 1. The lowest BCUT2D eigenvalue weighted by molar-refractivity contribution is 0.207. The standard InChI is InChI=1S/C17H20ClN3O2/c1-12-6-4-5-7-15(12)23-9-8-21(3)17(22)20-14-10-13(2)16(18)19-11-14/h4-7,10-11H,8-9H2,1-3H3,(H,20,22). The summed E-state index contributed by atoms with van der Waals surface area (Å²) in [5.74, 6) is 0.832. The van der Waals surface area contributed by atoms with E-state index in [0.29, 0.717) is 24.0 Å². The fourth-order valence-electron chi connectivity index (χ4n) is 1.96. The van der Waals surface area contributed by atoms with E-state index >= 15 is 0 Å². The van der Waals surface area contributed by atoms with Gasteiger partial charge in [-0.05, 0) is 37.1 Å². The summed E-state index contributed by atoms with van der Waals surface area (Å²) in [4.78, 5) is 17.7. The van der Waals surface area contributed by atoms with Crippen molar-refractivity contribution in [3.8, 4) is 5.75 Å². The van der Waals surface area contributed by atoms with Crippen LogP contribution in [-0.4, -0.2) is 36.1 Å². The molecule has 0 fully saturated rings. The molecule has 0 radical (unpaired) electrons. The Hall–Kier alpha value is -2.27. The van der Waals surface area contributed by atoms with Crippen molar-refractivity contribution in [2.75, 3.05) is 25.5 Å². The van der Waals surface area contributed by atoms with Crippen molar-refractivity contribution in [2.45, 2.75) is 13.8 Å². The number of nitrogens with one attached hydrogen (secondary N) is 1. The van der Waals surface area contributed by atoms with E-state index in [9.17, 15) is 4.79 Å². The Kier molecular flexibility index (Phi) is 5.82. The van der Waals surface area contributed by atoms with Crippen molar-refractivity contribution in [3.63, 3.8) is 0 Å². The molecule has 2 aromatic rings. The fourth-order valence-corrected chi connectivity index (χ4v) is 2.06. The number of anilines is 1. The molecule has 0 atom stereocenters. The molecule has 0 spiro atoms. The molecule has 1 aromatic carbocycles. The Labute approximate surface area is 141 Å². The number of carbonyl (C=O) groups is 1. The third-order valence-corrected chi connectivity index (χ3v) is 3.79. The second-order valence-corrected chi connectivity index (χ2v) is 5.66. The van der Waals surface area contributed by atoms with Gasteiger partial charge in [0, 0.05) is 7.05 Å². The number of likely N-dealkylation sites (N-methyl/N-ethyl adjacent to an activating group) is 1. The van der Waals surface area contributed by atoms with Crippen LogP contribution in [0.15, 0.2) is 36.5 Å². The van der Waals surface area contributed by atoms with E-state index in [0.717, 1.165) is 16.9 Å². The molecule has 1 aromatic heterocycles. The molecule has 2 amide bonds. The van der Waals surface area contributed by atoms with Gasteiger partial charge in [0.05, 0.1) is 18.4 Å². The van der Waals surface area contributed by atoms with Gasteiger partial charge in [-0.2, -0.15) is 0 Å². The monoisotopic (exact) mass is 333 g/mol. The van der Waals surface area contributed by atoms with Gasteiger partial charge < -0.3 is 15.0 Å². The number of hydrogen-bond donors (Lipinski definition) is 1. The molecule has 0 aliphatic heterocycles. The molecule has 0 saturated carbocycles. The minimum atomic E-state index is -0.220. The molecule has 0 aliphatic rings. The zero-order valence-corrected chi connectivity index (χ0v) is 14.2. The normalized spacial score (nSPS) is 10.3. The number of nitrogens with zero attached hydrogens (tertiary/aromatic N) is 2. The summed E-state index contributed by atoms with van der Waals surface area (Å²) in [6.45, 7) is 4.72. The number of rotatable bonds is 5. The van der Waals surface area contributed by atoms with Gasteiger partial charge in [-0.3, -0.25) is 0 Å². The van der Waals surface area contributed by atoms with Crippen molar-refractivity contribution in [1.82, 2.24) is 9.88 Å². The highest BCUT2D eigenvalue weighted by atomic mass is 35.5. The van der Waals surface area contributed by atoms with Crippen LogP contribution in [0.1, 0.15) is 11.1 Å². The maximum Gasteiger partial charge on any atom is 0.321 e. The summed E-state index contributed by atoms with van der Waals surface area (Å²) in [6, 6.07) is 9.35. The number of aryl methyl sites for hydroxylation is 2. The first-order valence-electron chi connectivity index (χ1n) is 7.30. The number of ether oxygens (including phenoxy) is 1. The lowest BCUT2D eigenvalue weighted by Crippen LogP contribution is -2.34. The summed E-state index contributed by atoms with van der Waals surface area (Å²) in [7, 11) is 1.72. The van der Waals surface area contributed by atoms with E-state index in [2.05, 4.69) is 10.3 Å². The largest absolute Gasteiger partial charge is 0.491 e. The van der Waals surface area contributed by atoms with Crippen LogP contribution in [0.2, 0.25) is 5.15 Å². The predicted octanol–water partition coefficient (Wildman–Crippen LogP) is 3.89. The van der Waals surface area contributed by atoms with Crippen molar-refractivity contribution >= 4 is 23.3 Å². The quantitative estimate of drug-likeness (QED) is 0.844. The highest BCUT2D eigenvalue weighted by Gasteiger charge is 2.10. The second-order valence-electron chi connectivity index (χ2n) is 5.30. The van der Waals surface area contributed by atoms with Crippen molar-refractivity contribution < 1.29 is 9.53 Å². The van der Waals surface area contributed by atoms with Crippen LogP contribution in [0.4, 0.5) is 10.5 Å². The number of hydrogen-bond acceptors (Lipinski definition) is 3. The van der Waals surface area contributed by atoms with Crippen molar-refractivity contribution in [1.29, 1.82) is 0 Å². The minimum absolute atomic E-state index is 0.220. The Morgan fingerprint density at radius 1 is 1.30 bits per heavy atom. The van der Waals surface area contributed by atoms with Crippen LogP contribution >= 0.6 is 11.6 Å². The average molecular weight is 334 g/mol. The van der Waals surface area contributed by atoms with Gasteiger partial charge in [-0.25, -0.2) is 9.78 Å². The Bertz CT molecular complexity index is 691. The lowest BCUT2D eigenvalue weighted by atomic mass is 10.2. The third kappa shape index (κ3) is 4.86. The van der Waals surface area contributed by atoms with Gasteiger partial charge in [0.1, 0.15) is 17.5 Å². The highest BCUT2D eigenvalue weighted by molar-refractivity contribution is 6.30. The van der Waals surface area contributed by atoms with E-state index in [1.54, 1.807) is 18.0 Å². The second kappa shape index (κ2) is 7.83. The van der Waals surface area contributed by atoms with E-state index in [4.69, 9.17) is 16.3 Å². The number of amides is 2. The number of aromatic nitrogens is 1. The van der Waals surface area contributed by atoms with Crippen LogP contribution in [0.5, 0.6) is 5.75 Å². The predicted molar refractivity (Wildman–Crippen MR) is 92.3 cm³/mol. The number of pyridine rings is 1. The molecule has 0 bridgehead atoms. The number of benzene rings is 1. The van der Waals surface area contributed by atoms with Crippen molar-refractivity contribution in [3.05, 3.63) is 52.8 Å². The molecule has 0 unspecified atom stereocenters. The van der Waals surface area contributed by atoms with E-state index in [1.807, 2.05) is 38.1 Å². The summed E-state index contributed by atoms with van der Waals surface area (Å²) in [5, 5.41) is 3.21. The molecule has 122 valence electrons. The number of halogens is 1. The summed E-state index contributed by atoms with van der Waals surface area (Å²) < 4.78 is 5.69. The molecule has 5 nitrogen and oxygen atoms in total. The molecule has 6 heteroatoms. The zero-order chi connectivity index (χ0) is 16.8. The summed E-state index contributed by atoms with van der Waals surface area (Å²) in [5.41, 5.74) is 2.50. The minimum Gasteiger partial charge on any atom is -0.491 e. The first kappa shape index (κ1) is 17.1. The van der Waals surface area contributed by atoms with E-state index < -0.39 is 0 Å². The van der Waals surface area contributed by atoms with Crippen LogP contribution in [-0.2, 0) is 0 Å². The third-order valence-electron chi connectivity index (χ3n) is 3.39. The molecular weight excluding hydrogens is 314 g/mol. The summed E-state index contributed by atoms with van der Waals surface area (Å²) in [6.07, 6.45) is 1.53. The number of urea groups is 1. The van der Waals surface area contributed by atoms with Crippen molar-refractivity contribution in [2.24, 2.45) is 0 Å². The van der Waals surface area contributed by atoms with Crippen LogP contribution in [0, 0.1) is 13.8 Å². The highest BCUT2D eigenvalue weighted by Crippen LogP contribution is 2.17. The molecule has 1 heterocycles. The number of carbonyl (C=O) groups excluding carboxylic acids is 1. The zero-order valence-electron chi connectivity index (χ0n) is 13.5. The van der Waals surface area contributed by atoms with Crippen LogP contribution in [0.25, 0.3) is 0 Å². The van der Waals surface area contributed by atoms with Crippen LogP contribution < -0.4 is 10.1 Å². The van der Waals surface area contributed by atoms with Gasteiger partial charge in [0.2, 0.25) is 0 Å². The molecule has 0 aliphatic carbocycles. The van der Waals surface area contributed by atoms with Gasteiger partial charge in [0.25, 0.3) is 0 Å². The van der Waals surface area contributed by atoms with Gasteiger partial charge in [-0.15, -0.1) is 0 Å². The summed E-state index contributed by atoms with van der Waals surface area (Å²) >= 11 is 5.87. The first-order valence-corrected chi connectivity index (χ1v) is 7.68. The Morgan fingerprint density at radius 2 is 2.04 bits per heavy atom. The Morgan fingerprint density at radius 3 is 2.74 bits per heavy atom. The van der Waals surface area contributed by atoms with Gasteiger partial charge in [0.15, 0.2) is 0 Å². The average Bonchev–Trinajstić information content (AvgIpc) is 2.52. The Balaban J connectivity index is 1.83. The SMILES string of the molecule is Cc1ccccc1OCCN(C)C(=O)Nc1cnc(Cl)c(C)c1. The first-order chi connectivity index (χ1) is 11.0. The molecule has 1 N–H and O–H groups in total. The van der Waals surface area contributed by atoms with Gasteiger partial charge >= 0.3 is 6.03 Å². The molecule has 0 saturated heterocycles. The van der Waals surface area contributed by atoms with E-state index in [-0.39, 0.29) is 6.03 Å². The molecular formula is C17H20ClN3O2. The van der Waals surface area contributed by atoms with Crippen LogP contribution in [0.3, 0.4) is 0 Å². The lowest BCUT2D eigenvalue weighted by Gasteiger charge is -2.18.